The Balaban J connectivity index is 1.92. The second-order valence-corrected chi connectivity index (χ2v) is 4.70. The molecule has 0 aliphatic heterocycles. The van der Waals surface area contributed by atoms with Crippen molar-refractivity contribution in [2.75, 3.05) is 6.54 Å². The van der Waals surface area contributed by atoms with Crippen LogP contribution in [-0.4, -0.2) is 18.0 Å². The molecule has 0 unspecified atom stereocenters. The standard InChI is InChI=1S/C13H18N2O/c1-10-3-2-4-11(7-10)8-12(16)15-13(9-14)5-6-13/h2-4,7H,5-6,8-9,14H2,1H3,(H,15,16). The van der Waals surface area contributed by atoms with Crippen molar-refractivity contribution < 1.29 is 4.79 Å². The molecule has 1 aliphatic carbocycles. The molecule has 0 heterocycles. The highest BCUT2D eigenvalue weighted by Gasteiger charge is 2.42. The monoisotopic (exact) mass is 218 g/mol. The van der Waals surface area contributed by atoms with Crippen molar-refractivity contribution in [2.24, 2.45) is 5.73 Å². The van der Waals surface area contributed by atoms with Crippen molar-refractivity contribution in [3.63, 3.8) is 0 Å². The van der Waals surface area contributed by atoms with E-state index in [0.717, 1.165) is 18.4 Å². The van der Waals surface area contributed by atoms with Crippen LogP contribution in [0.25, 0.3) is 0 Å². The van der Waals surface area contributed by atoms with Crippen molar-refractivity contribution in [1.29, 1.82) is 0 Å². The number of nitrogens with one attached hydrogen (secondary N) is 1. The topological polar surface area (TPSA) is 55.1 Å². The van der Waals surface area contributed by atoms with Crippen LogP contribution in [0.4, 0.5) is 0 Å². The van der Waals surface area contributed by atoms with Crippen LogP contribution < -0.4 is 11.1 Å². The van der Waals surface area contributed by atoms with Gasteiger partial charge < -0.3 is 11.1 Å². The summed E-state index contributed by atoms with van der Waals surface area (Å²) in [6.45, 7) is 2.58. The average molecular weight is 218 g/mol. The number of aryl methyl sites for hydroxylation is 1. The molecule has 0 saturated heterocycles. The predicted octanol–water partition coefficient (Wildman–Crippen LogP) is 1.15. The van der Waals surface area contributed by atoms with Crippen LogP contribution in [0.2, 0.25) is 0 Å². The lowest BCUT2D eigenvalue weighted by molar-refractivity contribution is -0.121. The second kappa shape index (κ2) is 4.26. The molecule has 0 spiro atoms. The van der Waals surface area contributed by atoms with E-state index in [2.05, 4.69) is 5.32 Å². The summed E-state index contributed by atoms with van der Waals surface area (Å²) in [4.78, 5) is 11.8. The number of amides is 1. The molecular formula is C13H18N2O. The number of carbonyl (C=O) groups excluding carboxylic acids is 1. The lowest BCUT2D eigenvalue weighted by Gasteiger charge is -2.14. The maximum absolute atomic E-state index is 11.8. The first kappa shape index (κ1) is 11.1. The smallest absolute Gasteiger partial charge is 0.224 e. The molecule has 1 amide bonds. The first-order valence-electron chi connectivity index (χ1n) is 5.70. The van der Waals surface area contributed by atoms with Gasteiger partial charge in [0, 0.05) is 6.54 Å². The van der Waals surface area contributed by atoms with Crippen molar-refractivity contribution in [3.8, 4) is 0 Å². The molecule has 1 aromatic carbocycles. The second-order valence-electron chi connectivity index (χ2n) is 4.70. The third-order valence-electron chi connectivity index (χ3n) is 3.10. The molecule has 3 N–H and O–H groups in total. The molecule has 16 heavy (non-hydrogen) atoms. The molecule has 0 atom stereocenters. The Hall–Kier alpha value is -1.35. The number of carbonyl (C=O) groups is 1. The SMILES string of the molecule is Cc1cccc(CC(=O)NC2(CN)CC2)c1. The number of hydrogen-bond donors (Lipinski definition) is 2. The molecule has 3 heteroatoms. The maximum atomic E-state index is 11.8. The maximum Gasteiger partial charge on any atom is 0.224 e. The molecule has 86 valence electrons. The van der Waals surface area contributed by atoms with Crippen LogP contribution in [0.15, 0.2) is 24.3 Å². The normalized spacial score (nSPS) is 16.9. The third kappa shape index (κ3) is 2.61. The minimum Gasteiger partial charge on any atom is -0.349 e. The van der Waals surface area contributed by atoms with Gasteiger partial charge in [0.05, 0.1) is 12.0 Å². The van der Waals surface area contributed by atoms with Crippen molar-refractivity contribution in [1.82, 2.24) is 5.32 Å². The van der Waals surface area contributed by atoms with Crippen LogP contribution in [0.5, 0.6) is 0 Å². The van der Waals surface area contributed by atoms with Crippen molar-refractivity contribution in [2.45, 2.75) is 31.7 Å². The quantitative estimate of drug-likeness (QED) is 0.796. The number of nitrogens with two attached hydrogens (primary N) is 1. The van der Waals surface area contributed by atoms with E-state index in [1.165, 1.54) is 5.56 Å². The minimum atomic E-state index is -0.0824. The van der Waals surface area contributed by atoms with Gasteiger partial charge in [-0.25, -0.2) is 0 Å². The zero-order valence-corrected chi connectivity index (χ0v) is 9.62. The molecule has 2 rings (SSSR count). The summed E-state index contributed by atoms with van der Waals surface area (Å²) >= 11 is 0. The molecular weight excluding hydrogens is 200 g/mol. The fraction of sp³-hybridized carbons (Fsp3) is 0.462. The van der Waals surface area contributed by atoms with E-state index < -0.39 is 0 Å². The van der Waals surface area contributed by atoms with E-state index in [9.17, 15) is 4.79 Å². The molecule has 0 bridgehead atoms. The van der Waals surface area contributed by atoms with Crippen LogP contribution in [-0.2, 0) is 11.2 Å². The Kier molecular flexibility index (Phi) is 2.97. The number of rotatable bonds is 4. The summed E-state index contributed by atoms with van der Waals surface area (Å²) in [5.41, 5.74) is 7.78. The van der Waals surface area contributed by atoms with Crippen LogP contribution in [0, 0.1) is 6.92 Å². The Labute approximate surface area is 96.0 Å². The van der Waals surface area contributed by atoms with E-state index in [4.69, 9.17) is 5.73 Å². The van der Waals surface area contributed by atoms with E-state index in [-0.39, 0.29) is 11.4 Å². The molecule has 1 fully saturated rings. The van der Waals surface area contributed by atoms with Gasteiger partial charge in [-0.3, -0.25) is 4.79 Å². The summed E-state index contributed by atoms with van der Waals surface area (Å²) in [6, 6.07) is 8.04. The van der Waals surface area contributed by atoms with Gasteiger partial charge in [0.2, 0.25) is 5.91 Å². The lowest BCUT2D eigenvalue weighted by Crippen LogP contribution is -2.43. The van der Waals surface area contributed by atoms with Gasteiger partial charge >= 0.3 is 0 Å². The van der Waals surface area contributed by atoms with Gasteiger partial charge in [0.15, 0.2) is 0 Å². The fourth-order valence-electron chi connectivity index (χ4n) is 1.88. The Morgan fingerprint density at radius 2 is 2.25 bits per heavy atom. The van der Waals surface area contributed by atoms with Crippen LogP contribution >= 0.6 is 0 Å². The molecule has 1 saturated carbocycles. The van der Waals surface area contributed by atoms with Gasteiger partial charge in [0.25, 0.3) is 0 Å². The first-order chi connectivity index (χ1) is 7.63. The summed E-state index contributed by atoms with van der Waals surface area (Å²) in [5.74, 6) is 0.0774. The fourth-order valence-corrected chi connectivity index (χ4v) is 1.88. The first-order valence-corrected chi connectivity index (χ1v) is 5.70. The summed E-state index contributed by atoms with van der Waals surface area (Å²) < 4.78 is 0. The van der Waals surface area contributed by atoms with Gasteiger partial charge in [-0.1, -0.05) is 29.8 Å². The van der Waals surface area contributed by atoms with Crippen LogP contribution in [0.1, 0.15) is 24.0 Å². The third-order valence-corrected chi connectivity index (χ3v) is 3.10. The molecule has 1 aliphatic rings. The van der Waals surface area contributed by atoms with E-state index in [1.54, 1.807) is 0 Å². The minimum absolute atomic E-state index is 0.0774. The van der Waals surface area contributed by atoms with Gasteiger partial charge in [-0.15, -0.1) is 0 Å². The summed E-state index contributed by atoms with van der Waals surface area (Å²) in [6.07, 6.45) is 2.48. The van der Waals surface area contributed by atoms with Crippen molar-refractivity contribution >= 4 is 5.91 Å². The predicted molar refractivity (Wildman–Crippen MR) is 64.0 cm³/mol. The Morgan fingerprint density at radius 3 is 2.81 bits per heavy atom. The van der Waals surface area contributed by atoms with Crippen molar-refractivity contribution in [3.05, 3.63) is 35.4 Å². The van der Waals surface area contributed by atoms with E-state index >= 15 is 0 Å². The highest BCUT2D eigenvalue weighted by molar-refractivity contribution is 5.79. The largest absolute Gasteiger partial charge is 0.349 e. The summed E-state index contributed by atoms with van der Waals surface area (Å²) in [5, 5.41) is 3.02. The highest BCUT2D eigenvalue weighted by Crippen LogP contribution is 2.33. The zero-order valence-electron chi connectivity index (χ0n) is 9.62. The average Bonchev–Trinajstić information content (AvgIpc) is 2.98. The molecule has 0 aromatic heterocycles. The van der Waals surface area contributed by atoms with Gasteiger partial charge in [-0.2, -0.15) is 0 Å². The van der Waals surface area contributed by atoms with E-state index in [1.807, 2.05) is 31.2 Å². The number of hydrogen-bond acceptors (Lipinski definition) is 2. The molecule has 0 radical (unpaired) electrons. The van der Waals surface area contributed by atoms with Crippen LogP contribution in [0.3, 0.4) is 0 Å². The Morgan fingerprint density at radius 1 is 1.50 bits per heavy atom. The summed E-state index contributed by atoms with van der Waals surface area (Å²) in [7, 11) is 0. The Bertz CT molecular complexity index is 397. The van der Waals surface area contributed by atoms with E-state index in [0.29, 0.717) is 13.0 Å². The molecule has 3 nitrogen and oxygen atoms in total. The van der Waals surface area contributed by atoms with Gasteiger partial charge in [-0.05, 0) is 25.3 Å². The van der Waals surface area contributed by atoms with Gasteiger partial charge in [0.1, 0.15) is 0 Å². The lowest BCUT2D eigenvalue weighted by atomic mass is 10.1. The highest BCUT2D eigenvalue weighted by atomic mass is 16.1. The number of benzene rings is 1. The zero-order chi connectivity index (χ0) is 11.6. The molecule has 1 aromatic rings.